The van der Waals surface area contributed by atoms with Crippen molar-refractivity contribution in [3.8, 4) is 0 Å². The van der Waals surface area contributed by atoms with Crippen molar-refractivity contribution in [1.82, 2.24) is 4.90 Å². The van der Waals surface area contributed by atoms with E-state index in [0.717, 1.165) is 24.9 Å². The molecule has 1 atom stereocenters. The Hall–Kier alpha value is -1.88. The predicted molar refractivity (Wildman–Crippen MR) is 70.6 cm³/mol. The number of carboxylic acid groups (broad SMARTS) is 1. The molecule has 5 nitrogen and oxygen atoms in total. The molecule has 1 aromatic rings. The smallest absolute Gasteiger partial charge is 0.320 e. The summed E-state index contributed by atoms with van der Waals surface area (Å²) in [5.41, 5.74) is 1.01. The Morgan fingerprint density at radius 3 is 2.58 bits per heavy atom. The number of likely N-dealkylation sites (tertiary alicyclic amines) is 1. The van der Waals surface area contributed by atoms with E-state index >= 15 is 0 Å². The third-order valence-corrected chi connectivity index (χ3v) is 2.97. The van der Waals surface area contributed by atoms with Crippen molar-refractivity contribution < 1.29 is 19.4 Å². The molecule has 0 amide bonds. The van der Waals surface area contributed by atoms with Crippen LogP contribution in [0.1, 0.15) is 18.4 Å². The number of carbonyl (C=O) groups is 2. The van der Waals surface area contributed by atoms with E-state index in [1.54, 1.807) is 0 Å². The van der Waals surface area contributed by atoms with E-state index in [4.69, 9.17) is 5.11 Å². The van der Waals surface area contributed by atoms with Gasteiger partial charge in [-0.2, -0.15) is 0 Å². The summed E-state index contributed by atoms with van der Waals surface area (Å²) >= 11 is 0. The van der Waals surface area contributed by atoms with Gasteiger partial charge in [0, 0.05) is 0 Å². The van der Waals surface area contributed by atoms with Gasteiger partial charge >= 0.3 is 5.97 Å². The van der Waals surface area contributed by atoms with Crippen molar-refractivity contribution in [2.75, 3.05) is 13.6 Å². The van der Waals surface area contributed by atoms with Gasteiger partial charge in [-0.3, -0.25) is 14.5 Å². The van der Waals surface area contributed by atoms with E-state index in [2.05, 4.69) is 4.74 Å². The third-order valence-electron chi connectivity index (χ3n) is 2.97. The number of hydrogen-bond donors (Lipinski definition) is 1. The van der Waals surface area contributed by atoms with Crippen molar-refractivity contribution in [2.24, 2.45) is 0 Å². The van der Waals surface area contributed by atoms with Gasteiger partial charge in [-0.05, 0) is 32.0 Å². The van der Waals surface area contributed by atoms with Crippen molar-refractivity contribution in [3.63, 3.8) is 0 Å². The van der Waals surface area contributed by atoms with Gasteiger partial charge in [0.1, 0.15) is 12.6 Å². The molecule has 0 radical (unpaired) electrons. The molecular formula is C14H19NO4. The number of hydrogen-bond acceptors (Lipinski definition) is 4. The molecule has 0 spiro atoms. The summed E-state index contributed by atoms with van der Waals surface area (Å²) in [4.78, 5) is 22.0. The van der Waals surface area contributed by atoms with Gasteiger partial charge in [0.15, 0.2) is 0 Å². The van der Waals surface area contributed by atoms with Crippen LogP contribution in [0.15, 0.2) is 30.3 Å². The van der Waals surface area contributed by atoms with Gasteiger partial charge in [-0.1, -0.05) is 30.3 Å². The summed E-state index contributed by atoms with van der Waals surface area (Å²) in [7, 11) is 1.85. The van der Waals surface area contributed by atoms with Gasteiger partial charge in [0.2, 0.25) is 0 Å². The first kappa shape index (κ1) is 15.2. The molecule has 1 fully saturated rings. The first-order chi connectivity index (χ1) is 9.15. The number of aliphatic carboxylic acids is 1. The largest absolute Gasteiger partial charge is 0.480 e. The second-order valence-corrected chi connectivity index (χ2v) is 4.37. The molecule has 1 unspecified atom stereocenters. The highest BCUT2D eigenvalue weighted by molar-refractivity contribution is 5.73. The Bertz CT molecular complexity index is 394. The van der Waals surface area contributed by atoms with Crippen LogP contribution >= 0.6 is 0 Å². The average Bonchev–Trinajstić information content (AvgIpc) is 2.85. The summed E-state index contributed by atoms with van der Waals surface area (Å²) in [6.45, 7) is 1.74. The molecule has 1 aromatic carbocycles. The van der Waals surface area contributed by atoms with Gasteiger partial charge in [0.25, 0.3) is 6.47 Å². The van der Waals surface area contributed by atoms with E-state index in [0.29, 0.717) is 13.1 Å². The van der Waals surface area contributed by atoms with Crippen LogP contribution in [0.25, 0.3) is 0 Å². The number of rotatable bonds is 4. The fourth-order valence-electron chi connectivity index (χ4n) is 1.93. The maximum absolute atomic E-state index is 10.4. The Kier molecular flexibility index (Phi) is 6.60. The molecule has 0 bridgehead atoms. The zero-order valence-corrected chi connectivity index (χ0v) is 11.0. The monoisotopic (exact) mass is 265 g/mol. The normalized spacial score (nSPS) is 18.3. The van der Waals surface area contributed by atoms with Gasteiger partial charge in [0.05, 0.1) is 0 Å². The predicted octanol–water partition coefficient (Wildman–Crippen LogP) is 1.52. The summed E-state index contributed by atoms with van der Waals surface area (Å²) < 4.78 is 4.54. The van der Waals surface area contributed by atoms with Gasteiger partial charge < -0.3 is 9.84 Å². The van der Waals surface area contributed by atoms with Crippen molar-refractivity contribution in [3.05, 3.63) is 35.9 Å². The highest BCUT2D eigenvalue weighted by Gasteiger charge is 2.26. The molecule has 19 heavy (non-hydrogen) atoms. The number of ether oxygens (including phenoxy) is 1. The van der Waals surface area contributed by atoms with Gasteiger partial charge in [-0.15, -0.1) is 0 Å². The molecule has 1 aliphatic heterocycles. The van der Waals surface area contributed by atoms with E-state index in [-0.39, 0.29) is 6.04 Å². The van der Waals surface area contributed by atoms with Gasteiger partial charge in [-0.25, -0.2) is 0 Å². The molecule has 1 aliphatic rings. The number of carbonyl (C=O) groups excluding carboxylic acids is 1. The maximum Gasteiger partial charge on any atom is 0.320 e. The minimum atomic E-state index is -0.685. The van der Waals surface area contributed by atoms with Crippen LogP contribution in [-0.2, 0) is 20.9 Å². The molecule has 2 rings (SSSR count). The zero-order chi connectivity index (χ0) is 14.1. The summed E-state index contributed by atoms with van der Waals surface area (Å²) in [6, 6.07) is 9.33. The maximum atomic E-state index is 10.4. The van der Waals surface area contributed by atoms with E-state index < -0.39 is 5.97 Å². The van der Waals surface area contributed by atoms with Crippen LogP contribution in [-0.4, -0.2) is 42.1 Å². The van der Waals surface area contributed by atoms with E-state index in [1.807, 2.05) is 42.3 Å². The highest BCUT2D eigenvalue weighted by Crippen LogP contribution is 2.13. The van der Waals surface area contributed by atoms with E-state index in [9.17, 15) is 9.59 Å². The lowest BCUT2D eigenvalue weighted by Crippen LogP contribution is -2.32. The first-order valence-electron chi connectivity index (χ1n) is 6.17. The first-order valence-corrected chi connectivity index (χ1v) is 6.17. The zero-order valence-electron chi connectivity index (χ0n) is 11.0. The Labute approximate surface area is 112 Å². The van der Waals surface area contributed by atoms with Crippen LogP contribution < -0.4 is 0 Å². The Morgan fingerprint density at radius 2 is 2.16 bits per heavy atom. The lowest BCUT2D eigenvalue weighted by molar-refractivity contribution is -0.141. The lowest BCUT2D eigenvalue weighted by atomic mass is 10.2. The number of benzene rings is 1. The Balaban J connectivity index is 0.000000191. The molecule has 104 valence electrons. The van der Waals surface area contributed by atoms with Crippen LogP contribution in [0, 0.1) is 0 Å². The average molecular weight is 265 g/mol. The second-order valence-electron chi connectivity index (χ2n) is 4.37. The molecule has 0 aliphatic carbocycles. The standard InChI is InChI=1S/C8H8O2.C6H11NO2/c9-7-10-6-8-4-2-1-3-5-8;1-7-4-2-3-5(7)6(8)9/h1-5,7H,6H2;5H,2-4H2,1H3,(H,8,9). The summed E-state index contributed by atoms with van der Waals surface area (Å²) in [5.74, 6) is -0.685. The fraction of sp³-hybridized carbons (Fsp3) is 0.429. The quantitative estimate of drug-likeness (QED) is 0.836. The number of likely N-dealkylation sites (N-methyl/N-ethyl adjacent to an activating group) is 1. The summed E-state index contributed by atoms with van der Waals surface area (Å²) in [5, 5.41) is 8.54. The Morgan fingerprint density at radius 1 is 1.47 bits per heavy atom. The SMILES string of the molecule is CN1CCCC1C(=O)O.O=COCc1ccccc1. The molecule has 1 saturated heterocycles. The molecular weight excluding hydrogens is 246 g/mol. The van der Waals surface area contributed by atoms with Crippen molar-refractivity contribution in [2.45, 2.75) is 25.5 Å². The molecule has 1 N–H and O–H groups in total. The highest BCUT2D eigenvalue weighted by atomic mass is 16.5. The lowest BCUT2D eigenvalue weighted by Gasteiger charge is -2.13. The van der Waals surface area contributed by atoms with Crippen LogP contribution in [0.5, 0.6) is 0 Å². The molecule has 0 saturated carbocycles. The number of carboxylic acids is 1. The third kappa shape index (κ3) is 5.52. The molecule has 1 heterocycles. The topological polar surface area (TPSA) is 66.8 Å². The molecule has 0 aromatic heterocycles. The van der Waals surface area contributed by atoms with Crippen LogP contribution in [0.3, 0.4) is 0 Å². The minimum absolute atomic E-state index is 0.218. The van der Waals surface area contributed by atoms with E-state index in [1.165, 1.54) is 0 Å². The second kappa shape index (κ2) is 8.26. The van der Waals surface area contributed by atoms with Crippen molar-refractivity contribution in [1.29, 1.82) is 0 Å². The van der Waals surface area contributed by atoms with Crippen LogP contribution in [0.4, 0.5) is 0 Å². The number of nitrogens with zero attached hydrogens (tertiary/aromatic N) is 1. The molecule has 5 heteroatoms. The van der Waals surface area contributed by atoms with Crippen LogP contribution in [0.2, 0.25) is 0 Å². The minimum Gasteiger partial charge on any atom is -0.480 e. The van der Waals surface area contributed by atoms with Crippen molar-refractivity contribution >= 4 is 12.4 Å². The summed E-state index contributed by atoms with van der Waals surface area (Å²) in [6.07, 6.45) is 1.83. The fourth-order valence-corrected chi connectivity index (χ4v) is 1.93.